The van der Waals surface area contributed by atoms with Crippen molar-refractivity contribution < 1.29 is 4.74 Å². The Morgan fingerprint density at radius 1 is 0.867 bits per heavy atom. The summed E-state index contributed by atoms with van der Waals surface area (Å²) in [5, 5.41) is 3.74. The normalized spacial score (nSPS) is 17.0. The summed E-state index contributed by atoms with van der Waals surface area (Å²) in [7, 11) is 0. The molecule has 3 N–H and O–H groups in total. The lowest BCUT2D eigenvalue weighted by Gasteiger charge is -2.42. The fourth-order valence-electron chi connectivity index (χ4n) is 4.25. The minimum atomic E-state index is -0.224. The second-order valence-corrected chi connectivity index (χ2v) is 7.80. The largest absolute Gasteiger partial charge is 0.381 e. The molecule has 0 unspecified atom stereocenters. The Morgan fingerprint density at radius 3 is 2.47 bits per heavy atom. The van der Waals surface area contributed by atoms with Gasteiger partial charge in [0.15, 0.2) is 0 Å². The van der Waals surface area contributed by atoms with Crippen LogP contribution >= 0.6 is 0 Å². The van der Waals surface area contributed by atoms with Gasteiger partial charge >= 0.3 is 0 Å². The molecular formula is C25H26N4O. The third kappa shape index (κ3) is 3.70. The Kier molecular flexibility index (Phi) is 5.22. The molecule has 2 heterocycles. The zero-order chi connectivity index (χ0) is 20.2. The van der Waals surface area contributed by atoms with Gasteiger partial charge in [0.25, 0.3) is 0 Å². The van der Waals surface area contributed by atoms with Crippen molar-refractivity contribution in [3.8, 4) is 11.1 Å². The highest BCUT2D eigenvalue weighted by Gasteiger charge is 2.40. The van der Waals surface area contributed by atoms with Gasteiger partial charge in [-0.05, 0) is 28.8 Å². The van der Waals surface area contributed by atoms with Crippen LogP contribution in [0, 0.1) is 0 Å². The zero-order valence-corrected chi connectivity index (χ0v) is 16.9. The maximum atomic E-state index is 5.63. The average Bonchev–Trinajstić information content (AvgIpc) is 2.81. The minimum Gasteiger partial charge on any atom is -0.381 e. The summed E-state index contributed by atoms with van der Waals surface area (Å²) in [6.07, 6.45) is 1.77. The molecule has 3 aromatic rings. The second-order valence-electron chi connectivity index (χ2n) is 7.80. The van der Waals surface area contributed by atoms with E-state index in [4.69, 9.17) is 9.73 Å². The molecule has 3 aromatic carbocycles. The Labute approximate surface area is 177 Å². The van der Waals surface area contributed by atoms with Gasteiger partial charge in [0.05, 0.1) is 11.4 Å². The van der Waals surface area contributed by atoms with Crippen LogP contribution in [0.15, 0.2) is 83.9 Å². The number of fused-ring (bicyclic) bond motifs is 1. The van der Waals surface area contributed by atoms with E-state index in [-0.39, 0.29) is 5.54 Å². The number of para-hydroxylation sites is 2. The van der Waals surface area contributed by atoms with Crippen molar-refractivity contribution in [3.63, 3.8) is 0 Å². The first-order chi connectivity index (χ1) is 14.8. The van der Waals surface area contributed by atoms with E-state index in [1.807, 2.05) is 24.3 Å². The number of nitrogens with zero attached hydrogens (tertiary/aromatic N) is 1. The third-order valence-corrected chi connectivity index (χ3v) is 5.90. The van der Waals surface area contributed by atoms with Crippen molar-refractivity contribution in [1.82, 2.24) is 10.9 Å². The van der Waals surface area contributed by atoms with Gasteiger partial charge in [-0.15, -0.1) is 0 Å². The summed E-state index contributed by atoms with van der Waals surface area (Å²) < 4.78 is 5.63. The third-order valence-electron chi connectivity index (χ3n) is 5.90. The molecule has 0 amide bonds. The molecule has 5 heteroatoms. The molecule has 0 radical (unpaired) electrons. The number of amidine groups is 1. The molecule has 1 saturated heterocycles. The molecule has 5 nitrogen and oxygen atoms in total. The monoisotopic (exact) mass is 398 g/mol. The summed E-state index contributed by atoms with van der Waals surface area (Å²) >= 11 is 0. The Morgan fingerprint density at radius 2 is 1.60 bits per heavy atom. The highest BCUT2D eigenvalue weighted by molar-refractivity contribution is 6.00. The average molecular weight is 399 g/mol. The molecule has 1 spiro atoms. The summed E-state index contributed by atoms with van der Waals surface area (Å²) in [5.41, 5.74) is 12.4. The van der Waals surface area contributed by atoms with E-state index in [1.165, 1.54) is 16.7 Å². The second kappa shape index (κ2) is 8.30. The van der Waals surface area contributed by atoms with Crippen LogP contribution < -0.4 is 16.2 Å². The number of hydrogen-bond donors (Lipinski definition) is 3. The van der Waals surface area contributed by atoms with E-state index in [0.717, 1.165) is 43.3 Å². The number of hydrogen-bond acceptors (Lipinski definition) is 5. The molecule has 0 atom stereocenters. The molecule has 5 rings (SSSR count). The number of aliphatic imine (C=N–C) groups is 1. The van der Waals surface area contributed by atoms with Crippen LogP contribution in [-0.4, -0.2) is 24.6 Å². The van der Waals surface area contributed by atoms with Crippen LogP contribution in [0.4, 0.5) is 11.4 Å². The van der Waals surface area contributed by atoms with Gasteiger partial charge in [0.2, 0.25) is 0 Å². The highest BCUT2D eigenvalue weighted by atomic mass is 16.5. The lowest BCUT2D eigenvalue weighted by atomic mass is 9.86. The molecule has 2 aliphatic rings. The van der Waals surface area contributed by atoms with Crippen LogP contribution in [0.1, 0.15) is 18.4 Å². The highest BCUT2D eigenvalue weighted by Crippen LogP contribution is 2.37. The first-order valence-corrected chi connectivity index (χ1v) is 10.5. The first kappa shape index (κ1) is 18.9. The number of hydrazine groups is 1. The molecule has 2 aliphatic heterocycles. The molecular weight excluding hydrogens is 372 g/mol. The van der Waals surface area contributed by atoms with Gasteiger partial charge in [-0.2, -0.15) is 0 Å². The van der Waals surface area contributed by atoms with Gasteiger partial charge < -0.3 is 15.5 Å². The molecule has 0 aromatic heterocycles. The van der Waals surface area contributed by atoms with Crippen LogP contribution in [-0.2, 0) is 11.3 Å². The summed E-state index contributed by atoms with van der Waals surface area (Å²) in [6, 6.07) is 27.2. The van der Waals surface area contributed by atoms with Crippen molar-refractivity contribution in [1.29, 1.82) is 0 Å². The minimum absolute atomic E-state index is 0.224. The standard InChI is InChI=1S/C25H26N4O/c1-2-8-19(9-3-1)21-11-5-4-10-20(21)18-26-29-24-25(14-16-30-17-15-25)28-23-13-7-6-12-22(23)27-24/h1-13,26,28H,14-18H2,(H,27,29). The van der Waals surface area contributed by atoms with Crippen LogP contribution in [0.25, 0.3) is 11.1 Å². The van der Waals surface area contributed by atoms with Crippen LogP contribution in [0.3, 0.4) is 0 Å². The van der Waals surface area contributed by atoms with E-state index in [0.29, 0.717) is 6.54 Å². The van der Waals surface area contributed by atoms with E-state index in [1.54, 1.807) is 0 Å². The van der Waals surface area contributed by atoms with Gasteiger partial charge in [0, 0.05) is 32.6 Å². The summed E-state index contributed by atoms with van der Waals surface area (Å²) in [5.74, 6) is 0.932. The SMILES string of the molecule is c1ccc(-c2ccccc2CNNC2=Nc3ccccc3NC23CCOCC3)cc1. The number of nitrogens with one attached hydrogen (secondary N) is 3. The summed E-state index contributed by atoms with van der Waals surface area (Å²) in [6.45, 7) is 2.15. The van der Waals surface area contributed by atoms with Crippen molar-refractivity contribution in [2.45, 2.75) is 24.9 Å². The molecule has 30 heavy (non-hydrogen) atoms. The fraction of sp³-hybridized carbons (Fsp3) is 0.240. The molecule has 1 fully saturated rings. The van der Waals surface area contributed by atoms with Gasteiger partial charge in [-0.3, -0.25) is 0 Å². The fourth-order valence-corrected chi connectivity index (χ4v) is 4.25. The number of benzene rings is 3. The molecule has 152 valence electrons. The zero-order valence-electron chi connectivity index (χ0n) is 16.9. The number of rotatable bonds is 4. The lowest BCUT2D eigenvalue weighted by Crippen LogP contribution is -2.59. The van der Waals surface area contributed by atoms with E-state index < -0.39 is 0 Å². The first-order valence-electron chi connectivity index (χ1n) is 10.5. The van der Waals surface area contributed by atoms with Gasteiger partial charge in [-0.1, -0.05) is 66.7 Å². The van der Waals surface area contributed by atoms with E-state index in [9.17, 15) is 0 Å². The Balaban J connectivity index is 1.36. The maximum absolute atomic E-state index is 5.63. The smallest absolute Gasteiger partial charge is 0.142 e. The van der Waals surface area contributed by atoms with Gasteiger partial charge in [-0.25, -0.2) is 10.4 Å². The topological polar surface area (TPSA) is 57.7 Å². The van der Waals surface area contributed by atoms with Crippen molar-refractivity contribution in [2.24, 2.45) is 4.99 Å². The molecule has 0 saturated carbocycles. The Bertz CT molecular complexity index is 1040. The van der Waals surface area contributed by atoms with E-state index in [2.05, 4.69) is 70.8 Å². The molecule has 0 bridgehead atoms. The van der Waals surface area contributed by atoms with Crippen molar-refractivity contribution >= 4 is 17.2 Å². The lowest BCUT2D eigenvalue weighted by molar-refractivity contribution is 0.0768. The van der Waals surface area contributed by atoms with Gasteiger partial charge in [0.1, 0.15) is 11.4 Å². The quantitative estimate of drug-likeness (QED) is 0.560. The summed E-state index contributed by atoms with van der Waals surface area (Å²) in [4.78, 5) is 4.96. The van der Waals surface area contributed by atoms with Crippen molar-refractivity contribution in [3.05, 3.63) is 84.4 Å². The maximum Gasteiger partial charge on any atom is 0.142 e. The van der Waals surface area contributed by atoms with Crippen molar-refractivity contribution in [2.75, 3.05) is 18.5 Å². The number of anilines is 1. The van der Waals surface area contributed by atoms with E-state index >= 15 is 0 Å². The number of ether oxygens (including phenoxy) is 1. The molecule has 0 aliphatic carbocycles. The predicted molar refractivity (Wildman–Crippen MR) is 122 cm³/mol. The predicted octanol–water partition coefficient (Wildman–Crippen LogP) is 4.65. The van der Waals surface area contributed by atoms with Crippen LogP contribution in [0.5, 0.6) is 0 Å². The van der Waals surface area contributed by atoms with Crippen LogP contribution in [0.2, 0.25) is 0 Å². The Hall–Kier alpha value is -3.15.